The van der Waals surface area contributed by atoms with E-state index in [9.17, 15) is 0 Å². The first kappa shape index (κ1) is 15.9. The molecule has 0 radical (unpaired) electrons. The molecule has 1 nitrogen and oxygen atoms in total. The monoisotopic (exact) mass is 148 g/mol. The van der Waals surface area contributed by atoms with Gasteiger partial charge in [0.15, 0.2) is 9.76 Å². The van der Waals surface area contributed by atoms with Crippen LogP contribution in [-0.2, 0) is 4.43 Å². The van der Waals surface area contributed by atoms with Gasteiger partial charge in [-0.05, 0) is 0 Å². The number of hydrogen-bond acceptors (Lipinski definition) is 1. The van der Waals surface area contributed by atoms with Crippen LogP contribution < -0.4 is 0 Å². The van der Waals surface area contributed by atoms with Crippen LogP contribution in [0.2, 0.25) is 6.55 Å². The third kappa shape index (κ3) is 21.8. The minimum Gasteiger partial charge on any atom is -0.427 e. The smallest absolute Gasteiger partial charge is 0.157 e. The van der Waals surface area contributed by atoms with Gasteiger partial charge in [0, 0.05) is 7.11 Å². The first-order chi connectivity index (χ1) is 1.91. The van der Waals surface area contributed by atoms with Gasteiger partial charge < -0.3 is 4.43 Å². The molecule has 0 amide bonds. The molecular formula is C2H10Cl2OSi. The second kappa shape index (κ2) is 17.1. The maximum Gasteiger partial charge on any atom is 0.157 e. The molecule has 0 spiro atoms. The van der Waals surface area contributed by atoms with E-state index in [2.05, 4.69) is 11.0 Å². The van der Waals surface area contributed by atoms with E-state index in [0.29, 0.717) is 0 Å². The lowest BCUT2D eigenvalue weighted by Gasteiger charge is -1.75. The third-order valence-electron chi connectivity index (χ3n) is 0.289. The fourth-order valence-corrected chi connectivity index (χ4v) is 0. The standard InChI is InChI=1S/C2H8OSi.2ClH/c1-3-4-2;;/h4H2,1-2H3;2*1H. The highest BCUT2D eigenvalue weighted by atomic mass is 35.5. The van der Waals surface area contributed by atoms with Gasteiger partial charge in [0.2, 0.25) is 0 Å². The van der Waals surface area contributed by atoms with Crippen LogP contribution in [0, 0.1) is 0 Å². The quantitative estimate of drug-likeness (QED) is 0.496. The van der Waals surface area contributed by atoms with E-state index in [1.54, 1.807) is 7.11 Å². The Labute approximate surface area is 53.2 Å². The van der Waals surface area contributed by atoms with E-state index in [0.717, 1.165) is 0 Å². The molecule has 0 aliphatic rings. The van der Waals surface area contributed by atoms with E-state index >= 15 is 0 Å². The molecule has 0 unspecified atom stereocenters. The summed E-state index contributed by atoms with van der Waals surface area (Å²) in [6.07, 6.45) is 0. The van der Waals surface area contributed by atoms with Crippen LogP contribution in [0.1, 0.15) is 0 Å². The molecule has 0 aromatic carbocycles. The summed E-state index contributed by atoms with van der Waals surface area (Å²) in [6, 6.07) is 0. The summed E-state index contributed by atoms with van der Waals surface area (Å²) in [5.74, 6) is 0. The predicted octanol–water partition coefficient (Wildman–Crippen LogP) is 0.608. The molecule has 0 bridgehead atoms. The summed E-state index contributed by atoms with van der Waals surface area (Å²) in [4.78, 5) is 0. The highest BCUT2D eigenvalue weighted by Crippen LogP contribution is 1.47. The molecule has 0 atom stereocenters. The van der Waals surface area contributed by atoms with Crippen molar-refractivity contribution in [2.75, 3.05) is 7.11 Å². The Hall–Kier alpha value is 0.757. The second-order valence-corrected chi connectivity index (χ2v) is 1.73. The highest BCUT2D eigenvalue weighted by molar-refractivity contribution is 6.24. The van der Waals surface area contributed by atoms with Crippen LogP contribution in [0.15, 0.2) is 0 Å². The Bertz CT molecular complexity index is 13.5. The average Bonchev–Trinajstić information content (AvgIpc) is 1.37. The molecule has 6 heavy (non-hydrogen) atoms. The number of hydrogen-bond donors (Lipinski definition) is 0. The summed E-state index contributed by atoms with van der Waals surface area (Å²) >= 11 is 0. The van der Waals surface area contributed by atoms with Crippen molar-refractivity contribution < 1.29 is 4.43 Å². The molecule has 0 N–H and O–H groups in total. The van der Waals surface area contributed by atoms with Crippen LogP contribution in [-0.4, -0.2) is 16.9 Å². The van der Waals surface area contributed by atoms with Gasteiger partial charge in [-0.2, -0.15) is 0 Å². The summed E-state index contributed by atoms with van der Waals surface area (Å²) < 4.78 is 4.68. The van der Waals surface area contributed by atoms with Crippen molar-refractivity contribution in [1.82, 2.24) is 0 Å². The molecule has 0 aromatic rings. The summed E-state index contributed by atoms with van der Waals surface area (Å²) in [6.45, 7) is 2.10. The van der Waals surface area contributed by atoms with Gasteiger partial charge in [-0.3, -0.25) is 0 Å². The predicted molar refractivity (Wildman–Crippen MR) is 35.9 cm³/mol. The Kier molecular flexibility index (Phi) is 45.3. The summed E-state index contributed by atoms with van der Waals surface area (Å²) in [5, 5.41) is 0. The van der Waals surface area contributed by atoms with Crippen LogP contribution in [0.3, 0.4) is 0 Å². The maximum absolute atomic E-state index is 4.68. The third-order valence-corrected chi connectivity index (χ3v) is 0.866. The Morgan fingerprint density at radius 1 is 1.33 bits per heavy atom. The fraction of sp³-hybridized carbons (Fsp3) is 1.00. The van der Waals surface area contributed by atoms with E-state index in [1.165, 1.54) is 0 Å². The van der Waals surface area contributed by atoms with Crippen molar-refractivity contribution in [3.05, 3.63) is 0 Å². The molecule has 0 heterocycles. The van der Waals surface area contributed by atoms with E-state index in [-0.39, 0.29) is 34.6 Å². The van der Waals surface area contributed by atoms with Gasteiger partial charge in [0.1, 0.15) is 0 Å². The fourth-order valence-electron chi connectivity index (χ4n) is 0. The van der Waals surface area contributed by atoms with Gasteiger partial charge in [-0.25, -0.2) is 0 Å². The molecule has 0 rings (SSSR count). The van der Waals surface area contributed by atoms with Gasteiger partial charge in [-0.1, -0.05) is 6.55 Å². The average molecular weight is 149 g/mol. The molecular weight excluding hydrogens is 139 g/mol. The lowest BCUT2D eigenvalue weighted by Crippen LogP contribution is -1.79. The SMILES string of the molecule is CO[SiH2]C.Cl.Cl. The molecule has 42 valence electrons. The van der Waals surface area contributed by atoms with Crippen LogP contribution in [0.25, 0.3) is 0 Å². The van der Waals surface area contributed by atoms with E-state index < -0.39 is 0 Å². The second-order valence-electron chi connectivity index (χ2n) is 0.577. The normalized spacial score (nSPS) is 7.00. The van der Waals surface area contributed by atoms with Crippen molar-refractivity contribution in [2.45, 2.75) is 6.55 Å². The van der Waals surface area contributed by atoms with Crippen LogP contribution in [0.4, 0.5) is 0 Å². The van der Waals surface area contributed by atoms with Crippen molar-refractivity contribution in [3.63, 3.8) is 0 Å². The zero-order chi connectivity index (χ0) is 3.41. The topological polar surface area (TPSA) is 9.23 Å². The number of rotatable bonds is 1. The van der Waals surface area contributed by atoms with Crippen molar-refractivity contribution in [2.24, 2.45) is 0 Å². The summed E-state index contributed by atoms with van der Waals surface area (Å²) in [7, 11) is 1.67. The molecule has 0 aliphatic carbocycles. The Morgan fingerprint density at radius 2 is 1.50 bits per heavy atom. The van der Waals surface area contributed by atoms with Gasteiger partial charge in [0.05, 0.1) is 0 Å². The van der Waals surface area contributed by atoms with Gasteiger partial charge >= 0.3 is 0 Å². The molecule has 0 saturated heterocycles. The molecule has 0 saturated carbocycles. The zero-order valence-corrected chi connectivity index (χ0v) is 6.98. The molecule has 0 aliphatic heterocycles. The lowest BCUT2D eigenvalue weighted by atomic mass is 11.8. The van der Waals surface area contributed by atoms with Crippen molar-refractivity contribution in [1.29, 1.82) is 0 Å². The number of halogens is 2. The van der Waals surface area contributed by atoms with E-state index in [4.69, 9.17) is 0 Å². The molecule has 0 aromatic heterocycles. The summed E-state index contributed by atoms with van der Waals surface area (Å²) in [5.41, 5.74) is 0. The maximum atomic E-state index is 4.68. The molecule has 0 fully saturated rings. The largest absolute Gasteiger partial charge is 0.427 e. The zero-order valence-electron chi connectivity index (χ0n) is 3.93. The molecule has 4 heteroatoms. The Morgan fingerprint density at radius 3 is 1.50 bits per heavy atom. The lowest BCUT2D eigenvalue weighted by molar-refractivity contribution is 0.446. The first-order valence-corrected chi connectivity index (χ1v) is 3.40. The van der Waals surface area contributed by atoms with Crippen molar-refractivity contribution in [3.8, 4) is 0 Å². The van der Waals surface area contributed by atoms with Crippen molar-refractivity contribution >= 4 is 34.6 Å². The van der Waals surface area contributed by atoms with Gasteiger partial charge in [0.25, 0.3) is 0 Å². The highest BCUT2D eigenvalue weighted by Gasteiger charge is 1.55. The van der Waals surface area contributed by atoms with Gasteiger partial charge in [-0.15, -0.1) is 24.8 Å². The van der Waals surface area contributed by atoms with Crippen LogP contribution in [0.5, 0.6) is 0 Å². The minimum absolute atomic E-state index is 0. The van der Waals surface area contributed by atoms with Crippen LogP contribution >= 0.6 is 24.8 Å². The first-order valence-electron chi connectivity index (χ1n) is 1.40. The minimum atomic E-state index is -0.0756. The Balaban J connectivity index is -0.0000000450. The van der Waals surface area contributed by atoms with E-state index in [1.807, 2.05) is 0 Å².